The highest BCUT2D eigenvalue weighted by atomic mass is 16.5. The van der Waals surface area contributed by atoms with Gasteiger partial charge in [0.1, 0.15) is 0 Å². The fourth-order valence-corrected chi connectivity index (χ4v) is 5.84. The first-order chi connectivity index (χ1) is 17.8. The zero-order chi connectivity index (χ0) is 26.5. The summed E-state index contributed by atoms with van der Waals surface area (Å²) in [6.07, 6.45) is 6.22. The fraction of sp³-hybridized carbons (Fsp3) is 0.548. The molecule has 2 N–H and O–H groups in total. The molecule has 202 valence electrons. The van der Waals surface area contributed by atoms with E-state index in [0.717, 1.165) is 29.3 Å². The van der Waals surface area contributed by atoms with E-state index in [1.54, 1.807) is 14.2 Å². The molecule has 0 spiro atoms. The highest BCUT2D eigenvalue weighted by molar-refractivity contribution is 5.93. The van der Waals surface area contributed by atoms with E-state index in [0.29, 0.717) is 18.0 Å². The molecule has 1 saturated carbocycles. The normalized spacial score (nSPS) is 18.2. The Labute approximate surface area is 223 Å². The van der Waals surface area contributed by atoms with Gasteiger partial charge < -0.3 is 29.6 Å². The second kappa shape index (κ2) is 12.2. The molecule has 0 bridgehead atoms. The maximum Gasteiger partial charge on any atom is 0.161 e. The second-order valence-corrected chi connectivity index (χ2v) is 11.2. The smallest absolute Gasteiger partial charge is 0.161 e. The Morgan fingerprint density at radius 3 is 2.30 bits per heavy atom. The summed E-state index contributed by atoms with van der Waals surface area (Å²) in [6.45, 7) is 6.88. The van der Waals surface area contributed by atoms with Crippen LogP contribution in [0.4, 0.5) is 5.69 Å². The van der Waals surface area contributed by atoms with E-state index in [4.69, 9.17) is 9.47 Å². The molecule has 1 aliphatic carbocycles. The molecular weight excluding hydrogens is 460 g/mol. The summed E-state index contributed by atoms with van der Waals surface area (Å²) in [4.78, 5) is 8.55. The molecule has 0 saturated heterocycles. The summed E-state index contributed by atoms with van der Waals surface area (Å²) in [5.74, 6) is 1.87. The summed E-state index contributed by atoms with van der Waals surface area (Å²) < 4.78 is 11.0. The zero-order valence-corrected chi connectivity index (χ0v) is 23.9. The van der Waals surface area contributed by atoms with Crippen LogP contribution in [0.2, 0.25) is 0 Å². The molecule has 1 aliphatic rings. The van der Waals surface area contributed by atoms with Crippen LogP contribution in [-0.4, -0.2) is 75.3 Å². The number of fused-ring (bicyclic) bond motifs is 1. The van der Waals surface area contributed by atoms with Gasteiger partial charge in [-0.1, -0.05) is 13.8 Å². The lowest BCUT2D eigenvalue weighted by Gasteiger charge is -2.35. The Kier molecular flexibility index (Phi) is 9.04. The third-order valence-corrected chi connectivity index (χ3v) is 7.90. The number of H-pyrrole nitrogens is 1. The highest BCUT2D eigenvalue weighted by Gasteiger charge is 2.24. The van der Waals surface area contributed by atoms with E-state index in [1.807, 2.05) is 6.07 Å². The van der Waals surface area contributed by atoms with Gasteiger partial charge in [-0.25, -0.2) is 0 Å². The maximum absolute atomic E-state index is 5.57. The summed E-state index contributed by atoms with van der Waals surface area (Å²) in [5.41, 5.74) is 5.99. The first-order valence-corrected chi connectivity index (χ1v) is 13.8. The molecule has 4 rings (SSSR count). The van der Waals surface area contributed by atoms with Crippen molar-refractivity contribution in [2.24, 2.45) is 0 Å². The number of hydrogen-bond donors (Lipinski definition) is 2. The van der Waals surface area contributed by atoms with Gasteiger partial charge in [0.2, 0.25) is 0 Å². The SMILES string of the molecule is COc1ccc(-c2[nH]c3ccc(NC4CCC(N(C)CCCN(C)C)CC4)cc3c2C(C)C)cc1OC. The van der Waals surface area contributed by atoms with Crippen molar-refractivity contribution in [3.05, 3.63) is 42.0 Å². The van der Waals surface area contributed by atoms with Crippen LogP contribution in [0.15, 0.2) is 36.4 Å². The van der Waals surface area contributed by atoms with Crippen LogP contribution in [0.25, 0.3) is 22.2 Å². The van der Waals surface area contributed by atoms with E-state index in [9.17, 15) is 0 Å². The van der Waals surface area contributed by atoms with E-state index < -0.39 is 0 Å². The number of ether oxygens (including phenoxy) is 2. The van der Waals surface area contributed by atoms with Gasteiger partial charge in [-0.15, -0.1) is 0 Å². The van der Waals surface area contributed by atoms with Crippen molar-refractivity contribution < 1.29 is 9.47 Å². The van der Waals surface area contributed by atoms with Gasteiger partial charge >= 0.3 is 0 Å². The first kappa shape index (κ1) is 27.3. The van der Waals surface area contributed by atoms with Gasteiger partial charge in [0.15, 0.2) is 11.5 Å². The molecule has 1 heterocycles. The highest BCUT2D eigenvalue weighted by Crippen LogP contribution is 2.40. The lowest BCUT2D eigenvalue weighted by Crippen LogP contribution is -2.39. The third kappa shape index (κ3) is 6.42. The van der Waals surface area contributed by atoms with Crippen LogP contribution in [0.1, 0.15) is 57.4 Å². The number of nitrogens with one attached hydrogen (secondary N) is 2. The molecule has 0 radical (unpaired) electrons. The molecular formula is C31H46N4O2. The molecule has 37 heavy (non-hydrogen) atoms. The Bertz CT molecular complexity index is 1160. The minimum absolute atomic E-state index is 0.380. The van der Waals surface area contributed by atoms with Gasteiger partial charge in [0, 0.05) is 34.2 Å². The van der Waals surface area contributed by atoms with Crippen LogP contribution in [0.3, 0.4) is 0 Å². The van der Waals surface area contributed by atoms with E-state index in [-0.39, 0.29) is 0 Å². The quantitative estimate of drug-likeness (QED) is 0.308. The molecule has 0 amide bonds. The molecule has 0 aliphatic heterocycles. The summed E-state index contributed by atoms with van der Waals surface area (Å²) in [6, 6.07) is 14.2. The van der Waals surface area contributed by atoms with Crippen LogP contribution in [0, 0.1) is 0 Å². The number of benzene rings is 2. The van der Waals surface area contributed by atoms with Gasteiger partial charge in [0.25, 0.3) is 0 Å². The van der Waals surface area contributed by atoms with Crippen LogP contribution < -0.4 is 14.8 Å². The summed E-state index contributed by atoms with van der Waals surface area (Å²) in [5, 5.41) is 5.15. The number of nitrogens with zero attached hydrogens (tertiary/aromatic N) is 2. The van der Waals surface area contributed by atoms with Gasteiger partial charge in [-0.05, 0) is 114 Å². The van der Waals surface area contributed by atoms with E-state index >= 15 is 0 Å². The molecule has 1 aromatic heterocycles. The van der Waals surface area contributed by atoms with E-state index in [1.165, 1.54) is 60.8 Å². The number of methoxy groups -OCH3 is 2. The molecule has 6 heteroatoms. The number of hydrogen-bond acceptors (Lipinski definition) is 5. The number of rotatable bonds is 11. The first-order valence-electron chi connectivity index (χ1n) is 13.8. The monoisotopic (exact) mass is 506 g/mol. The van der Waals surface area contributed by atoms with Gasteiger partial charge in [-0.2, -0.15) is 0 Å². The Morgan fingerprint density at radius 1 is 0.919 bits per heavy atom. The largest absolute Gasteiger partial charge is 0.493 e. The number of anilines is 1. The van der Waals surface area contributed by atoms with Crippen molar-refractivity contribution in [3.63, 3.8) is 0 Å². The third-order valence-electron chi connectivity index (χ3n) is 7.90. The standard InChI is InChI=1S/C31H46N4O2/c1-21(2)30-26-20-24(32-23-10-13-25(14-11-23)35(5)18-8-17-34(3)4)12-15-27(26)33-31(30)22-9-16-28(36-6)29(19-22)37-7/h9,12,15-16,19-21,23,25,32-33H,8,10-11,13-14,17-18H2,1-7H3. The van der Waals surface area contributed by atoms with Crippen molar-refractivity contribution in [2.45, 2.75) is 64.0 Å². The van der Waals surface area contributed by atoms with E-state index in [2.05, 4.69) is 85.4 Å². The minimum atomic E-state index is 0.380. The minimum Gasteiger partial charge on any atom is -0.493 e. The zero-order valence-electron chi connectivity index (χ0n) is 23.9. The predicted octanol–water partition coefficient (Wildman–Crippen LogP) is 6.58. The van der Waals surface area contributed by atoms with Gasteiger partial charge in [0.05, 0.1) is 19.9 Å². The van der Waals surface area contributed by atoms with Crippen molar-refractivity contribution >= 4 is 16.6 Å². The summed E-state index contributed by atoms with van der Waals surface area (Å²) in [7, 11) is 9.97. The van der Waals surface area contributed by atoms with Crippen molar-refractivity contribution in [2.75, 3.05) is 53.8 Å². The molecule has 6 nitrogen and oxygen atoms in total. The predicted molar refractivity (Wildman–Crippen MR) is 156 cm³/mol. The van der Waals surface area contributed by atoms with Crippen LogP contribution >= 0.6 is 0 Å². The topological polar surface area (TPSA) is 52.8 Å². The Balaban J connectivity index is 1.48. The molecule has 0 atom stereocenters. The molecule has 1 fully saturated rings. The average molecular weight is 507 g/mol. The summed E-state index contributed by atoms with van der Waals surface area (Å²) >= 11 is 0. The van der Waals surface area contributed by atoms with Gasteiger partial charge in [-0.3, -0.25) is 0 Å². The van der Waals surface area contributed by atoms with Crippen molar-refractivity contribution in [1.29, 1.82) is 0 Å². The second-order valence-electron chi connectivity index (χ2n) is 11.2. The fourth-order valence-electron chi connectivity index (χ4n) is 5.84. The lowest BCUT2D eigenvalue weighted by atomic mass is 9.90. The van der Waals surface area contributed by atoms with Crippen LogP contribution in [0.5, 0.6) is 11.5 Å². The van der Waals surface area contributed by atoms with Crippen molar-refractivity contribution in [1.82, 2.24) is 14.8 Å². The molecule has 3 aromatic rings. The Hall–Kier alpha value is -2.70. The lowest BCUT2D eigenvalue weighted by molar-refractivity contribution is 0.179. The Morgan fingerprint density at radius 2 is 1.65 bits per heavy atom. The molecule has 0 unspecified atom stereocenters. The molecule has 2 aromatic carbocycles. The number of aromatic nitrogens is 1. The maximum atomic E-state index is 5.57. The number of aromatic amines is 1. The van der Waals surface area contributed by atoms with Crippen molar-refractivity contribution in [3.8, 4) is 22.8 Å². The average Bonchev–Trinajstić information content (AvgIpc) is 3.27. The van der Waals surface area contributed by atoms with Crippen LogP contribution in [-0.2, 0) is 0 Å².